The van der Waals surface area contributed by atoms with Crippen molar-refractivity contribution in [1.82, 2.24) is 9.88 Å². The van der Waals surface area contributed by atoms with E-state index in [9.17, 15) is 18.8 Å². The predicted molar refractivity (Wildman–Crippen MR) is 117 cm³/mol. The molecule has 3 aromatic rings. The van der Waals surface area contributed by atoms with Crippen molar-refractivity contribution >= 4 is 40.5 Å². The normalized spacial score (nSPS) is 14.8. The van der Waals surface area contributed by atoms with E-state index in [1.165, 1.54) is 29.4 Å². The number of aliphatic imine (C=N–C) groups is 1. The summed E-state index contributed by atoms with van der Waals surface area (Å²) in [7, 11) is 1.65. The molecule has 1 aliphatic rings. The van der Waals surface area contributed by atoms with Crippen LogP contribution in [0.3, 0.4) is 0 Å². The van der Waals surface area contributed by atoms with Gasteiger partial charge in [0.25, 0.3) is 5.91 Å². The van der Waals surface area contributed by atoms with Gasteiger partial charge in [0.1, 0.15) is 5.82 Å². The molecule has 0 saturated carbocycles. The molecule has 0 saturated heterocycles. The van der Waals surface area contributed by atoms with E-state index in [1.54, 1.807) is 44.3 Å². The standard InChI is InChI=1S/C24H20FN3O4/c1-3-32-24(31)19-12-27-21-18(22(19)29)9-6-15-10-16(11-26-20(15)21)23(30)28(2)13-14-4-7-17(25)8-5-14/h4-12,19H,3,13H2,1-2H3. The molecule has 2 aromatic carbocycles. The topological polar surface area (TPSA) is 88.9 Å². The number of aromatic nitrogens is 1. The number of pyridine rings is 1. The van der Waals surface area contributed by atoms with Crippen LogP contribution in [-0.4, -0.2) is 47.4 Å². The summed E-state index contributed by atoms with van der Waals surface area (Å²) < 4.78 is 18.0. The summed E-state index contributed by atoms with van der Waals surface area (Å²) >= 11 is 0. The highest BCUT2D eigenvalue weighted by molar-refractivity contribution is 6.24. The summed E-state index contributed by atoms with van der Waals surface area (Å²) in [6, 6.07) is 10.9. The minimum atomic E-state index is -1.07. The Bertz CT molecular complexity index is 1250. The SMILES string of the molecule is CCOC(=O)C1C=Nc2c(ccc3cc(C(=O)N(C)Cc4ccc(F)cc4)cnc23)C1=O. The van der Waals surface area contributed by atoms with Gasteiger partial charge in [0.2, 0.25) is 0 Å². The van der Waals surface area contributed by atoms with Crippen LogP contribution in [0.4, 0.5) is 10.1 Å². The summed E-state index contributed by atoms with van der Waals surface area (Å²) in [6.07, 6.45) is 2.71. The van der Waals surface area contributed by atoms with Crippen LogP contribution in [0.15, 0.2) is 53.7 Å². The first-order valence-corrected chi connectivity index (χ1v) is 10.1. The second kappa shape index (κ2) is 8.66. The predicted octanol–water partition coefficient (Wildman–Crippen LogP) is 3.72. The molecule has 0 bridgehead atoms. The van der Waals surface area contributed by atoms with E-state index in [0.29, 0.717) is 28.7 Å². The molecule has 0 N–H and O–H groups in total. The van der Waals surface area contributed by atoms with Crippen LogP contribution >= 0.6 is 0 Å². The molecular weight excluding hydrogens is 413 g/mol. The van der Waals surface area contributed by atoms with E-state index in [0.717, 1.165) is 5.56 Å². The van der Waals surface area contributed by atoms with E-state index in [-0.39, 0.29) is 23.9 Å². The van der Waals surface area contributed by atoms with E-state index >= 15 is 0 Å². The van der Waals surface area contributed by atoms with E-state index < -0.39 is 17.7 Å². The Balaban J connectivity index is 1.60. The van der Waals surface area contributed by atoms with E-state index in [1.807, 2.05) is 0 Å². The lowest BCUT2D eigenvalue weighted by Crippen LogP contribution is -2.29. The van der Waals surface area contributed by atoms with Crippen LogP contribution in [0, 0.1) is 11.7 Å². The van der Waals surface area contributed by atoms with Gasteiger partial charge in [-0.1, -0.05) is 18.2 Å². The Morgan fingerprint density at radius 3 is 2.62 bits per heavy atom. The highest BCUT2D eigenvalue weighted by Gasteiger charge is 2.33. The average molecular weight is 433 g/mol. The molecule has 0 spiro atoms. The van der Waals surface area contributed by atoms with Crippen molar-refractivity contribution in [3.8, 4) is 0 Å². The zero-order valence-electron chi connectivity index (χ0n) is 17.5. The van der Waals surface area contributed by atoms with E-state index in [4.69, 9.17) is 4.74 Å². The fourth-order valence-corrected chi connectivity index (χ4v) is 3.57. The van der Waals surface area contributed by atoms with Crippen LogP contribution in [0.1, 0.15) is 33.2 Å². The van der Waals surface area contributed by atoms with Gasteiger partial charge in [0, 0.05) is 37.0 Å². The van der Waals surface area contributed by atoms with Gasteiger partial charge in [0.05, 0.1) is 23.4 Å². The number of halogens is 1. The van der Waals surface area contributed by atoms with Crippen molar-refractivity contribution in [1.29, 1.82) is 0 Å². The van der Waals surface area contributed by atoms with Crippen molar-refractivity contribution < 1.29 is 23.5 Å². The van der Waals surface area contributed by atoms with Crippen molar-refractivity contribution in [2.24, 2.45) is 10.9 Å². The largest absolute Gasteiger partial charge is 0.465 e. The molecule has 8 heteroatoms. The second-order valence-corrected chi connectivity index (χ2v) is 7.42. The number of hydrogen-bond donors (Lipinski definition) is 0. The Morgan fingerprint density at radius 1 is 1.16 bits per heavy atom. The third-order valence-corrected chi connectivity index (χ3v) is 5.19. The molecule has 7 nitrogen and oxygen atoms in total. The van der Waals surface area contributed by atoms with Crippen molar-refractivity contribution in [3.05, 3.63) is 71.2 Å². The van der Waals surface area contributed by atoms with Gasteiger partial charge in [-0.25, -0.2) is 4.39 Å². The number of fused-ring (bicyclic) bond motifs is 3. The van der Waals surface area contributed by atoms with Crippen LogP contribution < -0.4 is 0 Å². The lowest BCUT2D eigenvalue weighted by molar-refractivity contribution is -0.144. The van der Waals surface area contributed by atoms with E-state index in [2.05, 4.69) is 9.98 Å². The molecule has 0 fully saturated rings. The number of ketones is 1. The van der Waals surface area contributed by atoms with Gasteiger partial charge in [-0.3, -0.25) is 24.4 Å². The number of nitrogens with zero attached hydrogens (tertiary/aromatic N) is 3. The summed E-state index contributed by atoms with van der Waals surface area (Å²) in [6.45, 7) is 2.16. The number of hydrogen-bond acceptors (Lipinski definition) is 6. The number of esters is 1. The Morgan fingerprint density at radius 2 is 1.91 bits per heavy atom. The number of carbonyl (C=O) groups excluding carboxylic acids is 3. The first kappa shape index (κ1) is 21.3. The Labute approximate surface area is 183 Å². The third-order valence-electron chi connectivity index (χ3n) is 5.19. The number of carbonyl (C=O) groups is 3. The van der Waals surface area contributed by atoms with Crippen LogP contribution in [0.25, 0.3) is 10.9 Å². The summed E-state index contributed by atoms with van der Waals surface area (Å²) in [4.78, 5) is 47.8. The van der Waals surface area contributed by atoms with Gasteiger partial charge in [0.15, 0.2) is 11.7 Å². The molecule has 0 radical (unpaired) electrons. The molecule has 0 aliphatic carbocycles. The number of amides is 1. The maximum absolute atomic E-state index is 13.1. The molecule has 1 aromatic heterocycles. The molecule has 32 heavy (non-hydrogen) atoms. The van der Waals surface area contributed by atoms with Gasteiger partial charge in [-0.2, -0.15) is 0 Å². The first-order chi connectivity index (χ1) is 15.4. The zero-order valence-corrected chi connectivity index (χ0v) is 17.5. The quantitative estimate of drug-likeness (QED) is 0.452. The Kier molecular flexibility index (Phi) is 5.77. The summed E-state index contributed by atoms with van der Waals surface area (Å²) in [5.41, 5.74) is 2.29. The minimum Gasteiger partial charge on any atom is -0.465 e. The first-order valence-electron chi connectivity index (χ1n) is 10.1. The number of benzene rings is 2. The zero-order chi connectivity index (χ0) is 22.8. The number of rotatable bonds is 5. The van der Waals surface area contributed by atoms with Gasteiger partial charge >= 0.3 is 5.97 Å². The van der Waals surface area contributed by atoms with Gasteiger partial charge in [-0.05, 0) is 36.8 Å². The summed E-state index contributed by atoms with van der Waals surface area (Å²) in [5, 5.41) is 0.643. The fourth-order valence-electron chi connectivity index (χ4n) is 3.57. The highest BCUT2D eigenvalue weighted by atomic mass is 19.1. The van der Waals surface area contributed by atoms with Gasteiger partial charge < -0.3 is 9.64 Å². The molecule has 1 atom stereocenters. The average Bonchev–Trinajstić information content (AvgIpc) is 2.79. The summed E-state index contributed by atoms with van der Waals surface area (Å²) in [5.74, 6) is -2.68. The smallest absolute Gasteiger partial charge is 0.322 e. The molecule has 2 heterocycles. The molecule has 1 amide bonds. The van der Waals surface area contributed by atoms with Crippen LogP contribution in [0.2, 0.25) is 0 Å². The highest BCUT2D eigenvalue weighted by Crippen LogP contribution is 2.33. The lowest BCUT2D eigenvalue weighted by atomic mass is 9.93. The number of ether oxygens (including phenoxy) is 1. The van der Waals surface area contributed by atoms with Gasteiger partial charge in [-0.15, -0.1) is 0 Å². The number of Topliss-reactive ketones (excluding diaryl/α,β-unsaturated/α-hetero) is 1. The van der Waals surface area contributed by atoms with Crippen LogP contribution in [-0.2, 0) is 16.1 Å². The molecular formula is C24H20FN3O4. The van der Waals surface area contributed by atoms with Crippen molar-refractivity contribution in [3.63, 3.8) is 0 Å². The maximum atomic E-state index is 13.1. The fraction of sp³-hybridized carbons (Fsp3) is 0.208. The lowest BCUT2D eigenvalue weighted by Gasteiger charge is -2.19. The third kappa shape index (κ3) is 3.99. The Hall–Kier alpha value is -3.94. The molecule has 162 valence electrons. The van der Waals surface area contributed by atoms with Crippen molar-refractivity contribution in [2.75, 3.05) is 13.7 Å². The minimum absolute atomic E-state index is 0.176. The second-order valence-electron chi connectivity index (χ2n) is 7.42. The van der Waals surface area contributed by atoms with Crippen LogP contribution in [0.5, 0.6) is 0 Å². The molecule has 4 rings (SSSR count). The maximum Gasteiger partial charge on any atom is 0.322 e. The van der Waals surface area contributed by atoms with Crippen molar-refractivity contribution in [2.45, 2.75) is 13.5 Å². The monoisotopic (exact) mass is 433 g/mol. The molecule has 1 aliphatic heterocycles. The molecule has 1 unspecified atom stereocenters.